The molecule has 7 heteroatoms. The predicted molar refractivity (Wildman–Crippen MR) is 64.0 cm³/mol. The first-order chi connectivity index (χ1) is 8.23. The summed E-state index contributed by atoms with van der Waals surface area (Å²) in [5.74, 6) is -1.18. The molecule has 1 fully saturated rings. The number of nitrogens with zero attached hydrogens (tertiary/aromatic N) is 1. The second-order valence-electron chi connectivity index (χ2n) is 5.04. The van der Waals surface area contributed by atoms with Crippen LogP contribution in [0.1, 0.15) is 27.2 Å². The number of carboxylic acid groups (broad SMARTS) is 1. The van der Waals surface area contributed by atoms with Crippen molar-refractivity contribution < 1.29 is 19.5 Å². The Morgan fingerprint density at radius 3 is 2.72 bits per heavy atom. The standard InChI is InChI=1S/C11H19N3O4/c1-7-9(17)12-4-5-14(7)10(18)13-11(2,3)6-8(15)16/h7H,4-6H2,1-3H3,(H,12,17)(H,13,18)(H,15,16). The fourth-order valence-electron chi connectivity index (χ4n) is 1.84. The minimum absolute atomic E-state index is 0.173. The van der Waals surface area contributed by atoms with E-state index in [4.69, 9.17) is 5.11 Å². The first-order valence-electron chi connectivity index (χ1n) is 5.81. The molecule has 7 nitrogen and oxygen atoms in total. The molecule has 102 valence electrons. The van der Waals surface area contributed by atoms with E-state index in [1.54, 1.807) is 20.8 Å². The molecule has 1 aliphatic rings. The SMILES string of the molecule is CC1C(=O)NCCN1C(=O)NC(C)(C)CC(=O)O. The van der Waals surface area contributed by atoms with Gasteiger partial charge >= 0.3 is 12.0 Å². The quantitative estimate of drug-likeness (QED) is 0.650. The fourth-order valence-corrected chi connectivity index (χ4v) is 1.84. The van der Waals surface area contributed by atoms with Gasteiger partial charge in [-0.2, -0.15) is 0 Å². The molecule has 1 atom stereocenters. The van der Waals surface area contributed by atoms with E-state index in [9.17, 15) is 14.4 Å². The lowest BCUT2D eigenvalue weighted by Crippen LogP contribution is -2.60. The zero-order chi connectivity index (χ0) is 13.9. The van der Waals surface area contributed by atoms with Crippen LogP contribution in [0.25, 0.3) is 0 Å². The second-order valence-corrected chi connectivity index (χ2v) is 5.04. The maximum Gasteiger partial charge on any atom is 0.318 e. The van der Waals surface area contributed by atoms with E-state index in [-0.39, 0.29) is 12.3 Å². The zero-order valence-corrected chi connectivity index (χ0v) is 10.8. The number of hydrogen-bond acceptors (Lipinski definition) is 3. The van der Waals surface area contributed by atoms with Gasteiger partial charge in [0.15, 0.2) is 0 Å². The summed E-state index contributed by atoms with van der Waals surface area (Å²) in [6.45, 7) is 5.73. The molecule has 18 heavy (non-hydrogen) atoms. The molecule has 0 radical (unpaired) electrons. The number of amides is 3. The second kappa shape index (κ2) is 5.24. The number of rotatable bonds is 3. The highest BCUT2D eigenvalue weighted by atomic mass is 16.4. The lowest BCUT2D eigenvalue weighted by atomic mass is 10.0. The van der Waals surface area contributed by atoms with Crippen LogP contribution in [0.3, 0.4) is 0 Å². The molecule has 0 aliphatic carbocycles. The van der Waals surface area contributed by atoms with Crippen LogP contribution in [0.5, 0.6) is 0 Å². The van der Waals surface area contributed by atoms with Crippen LogP contribution in [-0.4, -0.2) is 52.6 Å². The number of aliphatic carboxylic acids is 1. The van der Waals surface area contributed by atoms with Gasteiger partial charge in [-0.1, -0.05) is 0 Å². The molecule has 0 saturated carbocycles. The summed E-state index contributed by atoms with van der Waals surface area (Å²) in [5.41, 5.74) is -0.851. The topological polar surface area (TPSA) is 98.7 Å². The van der Waals surface area contributed by atoms with E-state index in [1.165, 1.54) is 4.90 Å². The summed E-state index contributed by atoms with van der Waals surface area (Å²) in [5, 5.41) is 14.0. The van der Waals surface area contributed by atoms with Crippen molar-refractivity contribution in [2.75, 3.05) is 13.1 Å². The molecular formula is C11H19N3O4. The van der Waals surface area contributed by atoms with Crippen molar-refractivity contribution in [1.29, 1.82) is 0 Å². The van der Waals surface area contributed by atoms with Crippen LogP contribution < -0.4 is 10.6 Å². The van der Waals surface area contributed by atoms with Gasteiger partial charge in [-0.25, -0.2) is 4.79 Å². The molecule has 0 bridgehead atoms. The van der Waals surface area contributed by atoms with Crippen molar-refractivity contribution in [3.63, 3.8) is 0 Å². The number of carbonyl (C=O) groups is 3. The van der Waals surface area contributed by atoms with E-state index in [0.29, 0.717) is 13.1 Å². The summed E-state index contributed by atoms with van der Waals surface area (Å²) < 4.78 is 0. The maximum absolute atomic E-state index is 12.0. The Morgan fingerprint density at radius 1 is 1.56 bits per heavy atom. The third-order valence-electron chi connectivity index (χ3n) is 2.80. The van der Waals surface area contributed by atoms with Gasteiger partial charge in [-0.15, -0.1) is 0 Å². The van der Waals surface area contributed by atoms with Crippen molar-refractivity contribution >= 4 is 17.9 Å². The molecule has 1 unspecified atom stereocenters. The van der Waals surface area contributed by atoms with Crippen LogP contribution in [-0.2, 0) is 9.59 Å². The number of urea groups is 1. The van der Waals surface area contributed by atoms with Crippen LogP contribution in [0.2, 0.25) is 0 Å². The van der Waals surface area contributed by atoms with Crippen molar-refractivity contribution in [2.24, 2.45) is 0 Å². The molecule has 0 spiro atoms. The van der Waals surface area contributed by atoms with Gasteiger partial charge in [0.25, 0.3) is 0 Å². The highest BCUT2D eigenvalue weighted by Gasteiger charge is 2.32. The number of carbonyl (C=O) groups excluding carboxylic acids is 2. The Balaban J connectivity index is 2.64. The molecule has 1 saturated heterocycles. The van der Waals surface area contributed by atoms with E-state index in [1.807, 2.05) is 0 Å². The summed E-state index contributed by atoms with van der Waals surface area (Å²) in [6, 6.07) is -0.956. The Kier molecular flexibility index (Phi) is 4.15. The average Bonchev–Trinajstić information content (AvgIpc) is 2.18. The molecule has 3 amide bonds. The molecule has 1 rings (SSSR count). The Hall–Kier alpha value is -1.79. The molecule has 0 aromatic heterocycles. The molecule has 1 heterocycles. The Labute approximate surface area is 106 Å². The molecule has 0 aromatic rings. The third kappa shape index (κ3) is 3.61. The van der Waals surface area contributed by atoms with Crippen molar-refractivity contribution in [1.82, 2.24) is 15.5 Å². The van der Waals surface area contributed by atoms with Gasteiger partial charge in [-0.05, 0) is 20.8 Å². The minimum atomic E-state index is -0.982. The van der Waals surface area contributed by atoms with Crippen LogP contribution >= 0.6 is 0 Å². The van der Waals surface area contributed by atoms with E-state index in [2.05, 4.69) is 10.6 Å². The van der Waals surface area contributed by atoms with E-state index < -0.39 is 23.6 Å². The average molecular weight is 257 g/mol. The predicted octanol–water partition coefficient (Wildman–Crippen LogP) is -0.230. The largest absolute Gasteiger partial charge is 0.481 e. The molecular weight excluding hydrogens is 238 g/mol. The van der Waals surface area contributed by atoms with Crippen LogP contribution in [0.15, 0.2) is 0 Å². The summed E-state index contributed by atoms with van der Waals surface area (Å²) >= 11 is 0. The highest BCUT2D eigenvalue weighted by Crippen LogP contribution is 2.11. The van der Waals surface area contributed by atoms with Crippen LogP contribution in [0.4, 0.5) is 4.79 Å². The molecule has 3 N–H and O–H groups in total. The first-order valence-corrected chi connectivity index (χ1v) is 5.81. The summed E-state index contributed by atoms with van der Waals surface area (Å²) in [6.07, 6.45) is -0.173. The molecule has 1 aliphatic heterocycles. The maximum atomic E-state index is 12.0. The van der Waals surface area contributed by atoms with Gasteiger partial charge in [0.05, 0.1) is 6.42 Å². The smallest absolute Gasteiger partial charge is 0.318 e. The molecule has 0 aromatic carbocycles. The number of piperazine rings is 1. The van der Waals surface area contributed by atoms with E-state index in [0.717, 1.165) is 0 Å². The number of carboxylic acids is 1. The zero-order valence-electron chi connectivity index (χ0n) is 10.8. The Bertz CT molecular complexity index is 367. The van der Waals surface area contributed by atoms with Gasteiger partial charge < -0.3 is 20.6 Å². The lowest BCUT2D eigenvalue weighted by Gasteiger charge is -2.35. The number of hydrogen-bond donors (Lipinski definition) is 3. The van der Waals surface area contributed by atoms with Crippen molar-refractivity contribution in [2.45, 2.75) is 38.8 Å². The monoisotopic (exact) mass is 257 g/mol. The van der Waals surface area contributed by atoms with Gasteiger partial charge in [0, 0.05) is 18.6 Å². The minimum Gasteiger partial charge on any atom is -0.481 e. The van der Waals surface area contributed by atoms with Gasteiger partial charge in [0.2, 0.25) is 5.91 Å². The van der Waals surface area contributed by atoms with Crippen molar-refractivity contribution in [3.8, 4) is 0 Å². The van der Waals surface area contributed by atoms with Crippen molar-refractivity contribution in [3.05, 3.63) is 0 Å². The third-order valence-corrected chi connectivity index (χ3v) is 2.80. The lowest BCUT2D eigenvalue weighted by molar-refractivity contribution is -0.138. The first kappa shape index (κ1) is 14.3. The number of nitrogens with one attached hydrogen (secondary N) is 2. The fraction of sp³-hybridized carbons (Fsp3) is 0.727. The van der Waals surface area contributed by atoms with Gasteiger partial charge in [0.1, 0.15) is 6.04 Å². The highest BCUT2D eigenvalue weighted by molar-refractivity contribution is 5.88. The summed E-state index contributed by atoms with van der Waals surface area (Å²) in [7, 11) is 0. The van der Waals surface area contributed by atoms with E-state index >= 15 is 0 Å². The normalized spacial score (nSPS) is 20.3. The van der Waals surface area contributed by atoms with Crippen LogP contribution in [0, 0.1) is 0 Å². The Morgan fingerprint density at radius 2 is 2.17 bits per heavy atom. The van der Waals surface area contributed by atoms with Gasteiger partial charge in [-0.3, -0.25) is 9.59 Å². The summed E-state index contributed by atoms with van der Waals surface area (Å²) in [4.78, 5) is 35.5.